The van der Waals surface area contributed by atoms with Crippen LogP contribution in [0.3, 0.4) is 0 Å². The van der Waals surface area contributed by atoms with Crippen LogP contribution in [0.5, 0.6) is 0 Å². The van der Waals surface area contributed by atoms with Gasteiger partial charge in [-0.05, 0) is 25.3 Å². The SMILES string of the molecule is COC1=CCCCC1(C)C. The molecular formula is C9H16O. The predicted octanol–water partition coefficient (Wildman–Crippen LogP) is 2.73. The average Bonchev–Trinajstić information content (AvgIpc) is 1.87. The molecule has 1 heteroatoms. The Hall–Kier alpha value is -0.460. The van der Waals surface area contributed by atoms with Crippen molar-refractivity contribution in [1.82, 2.24) is 0 Å². The molecule has 0 atom stereocenters. The summed E-state index contributed by atoms with van der Waals surface area (Å²) < 4.78 is 5.27. The maximum Gasteiger partial charge on any atom is 0.0971 e. The lowest BCUT2D eigenvalue weighted by Crippen LogP contribution is -2.18. The lowest BCUT2D eigenvalue weighted by atomic mass is 9.81. The number of ether oxygens (including phenoxy) is 1. The summed E-state index contributed by atoms with van der Waals surface area (Å²) in [5.74, 6) is 1.17. The molecule has 0 heterocycles. The van der Waals surface area contributed by atoms with E-state index in [1.165, 1.54) is 25.0 Å². The van der Waals surface area contributed by atoms with Gasteiger partial charge in [-0.15, -0.1) is 0 Å². The van der Waals surface area contributed by atoms with Gasteiger partial charge in [0.25, 0.3) is 0 Å². The number of methoxy groups -OCH3 is 1. The number of hydrogen-bond donors (Lipinski definition) is 0. The predicted molar refractivity (Wildman–Crippen MR) is 42.7 cm³/mol. The first-order valence-electron chi connectivity index (χ1n) is 3.91. The number of rotatable bonds is 1. The Morgan fingerprint density at radius 3 is 2.60 bits per heavy atom. The van der Waals surface area contributed by atoms with Crippen LogP contribution in [0.1, 0.15) is 33.1 Å². The van der Waals surface area contributed by atoms with Gasteiger partial charge in [-0.1, -0.05) is 13.8 Å². The minimum absolute atomic E-state index is 0.285. The van der Waals surface area contributed by atoms with Crippen LogP contribution in [0.4, 0.5) is 0 Å². The highest BCUT2D eigenvalue weighted by Gasteiger charge is 2.26. The highest BCUT2D eigenvalue weighted by molar-refractivity contribution is 5.07. The van der Waals surface area contributed by atoms with Crippen molar-refractivity contribution in [1.29, 1.82) is 0 Å². The molecular weight excluding hydrogens is 124 g/mol. The van der Waals surface area contributed by atoms with Gasteiger partial charge < -0.3 is 4.74 Å². The average molecular weight is 140 g/mol. The van der Waals surface area contributed by atoms with E-state index < -0.39 is 0 Å². The summed E-state index contributed by atoms with van der Waals surface area (Å²) in [6, 6.07) is 0. The van der Waals surface area contributed by atoms with Gasteiger partial charge in [0.15, 0.2) is 0 Å². The molecule has 0 aromatic rings. The molecule has 0 spiro atoms. The van der Waals surface area contributed by atoms with E-state index in [4.69, 9.17) is 4.74 Å². The molecule has 0 N–H and O–H groups in total. The first-order chi connectivity index (χ1) is 4.67. The van der Waals surface area contributed by atoms with Crippen LogP contribution in [0, 0.1) is 5.41 Å². The summed E-state index contributed by atoms with van der Waals surface area (Å²) in [6.45, 7) is 4.48. The second kappa shape index (κ2) is 2.65. The zero-order valence-electron chi connectivity index (χ0n) is 7.11. The molecule has 0 aromatic carbocycles. The third kappa shape index (κ3) is 1.34. The Morgan fingerprint density at radius 2 is 2.20 bits per heavy atom. The Balaban J connectivity index is 2.73. The fourth-order valence-corrected chi connectivity index (χ4v) is 1.54. The lowest BCUT2D eigenvalue weighted by Gasteiger charge is -2.29. The van der Waals surface area contributed by atoms with E-state index in [-0.39, 0.29) is 5.41 Å². The fraction of sp³-hybridized carbons (Fsp3) is 0.778. The van der Waals surface area contributed by atoms with Gasteiger partial charge in [0, 0.05) is 5.41 Å². The van der Waals surface area contributed by atoms with Gasteiger partial charge in [0.1, 0.15) is 0 Å². The van der Waals surface area contributed by atoms with Gasteiger partial charge in [-0.2, -0.15) is 0 Å². The van der Waals surface area contributed by atoms with Gasteiger partial charge >= 0.3 is 0 Å². The first kappa shape index (κ1) is 7.64. The third-order valence-corrected chi connectivity index (χ3v) is 2.22. The monoisotopic (exact) mass is 140 g/mol. The minimum atomic E-state index is 0.285. The summed E-state index contributed by atoms with van der Waals surface area (Å²) in [7, 11) is 1.76. The molecule has 0 amide bonds. The maximum absolute atomic E-state index is 5.27. The molecule has 1 aliphatic carbocycles. The summed E-state index contributed by atoms with van der Waals surface area (Å²) in [5, 5.41) is 0. The van der Waals surface area contributed by atoms with E-state index in [9.17, 15) is 0 Å². The lowest BCUT2D eigenvalue weighted by molar-refractivity contribution is 0.172. The molecule has 0 aliphatic heterocycles. The smallest absolute Gasteiger partial charge is 0.0971 e. The highest BCUT2D eigenvalue weighted by atomic mass is 16.5. The van der Waals surface area contributed by atoms with Crippen molar-refractivity contribution in [2.75, 3.05) is 7.11 Å². The highest BCUT2D eigenvalue weighted by Crippen LogP contribution is 2.36. The van der Waals surface area contributed by atoms with Crippen LogP contribution < -0.4 is 0 Å². The van der Waals surface area contributed by atoms with Crippen molar-refractivity contribution < 1.29 is 4.74 Å². The Kier molecular flexibility index (Phi) is 2.02. The Morgan fingerprint density at radius 1 is 1.50 bits per heavy atom. The van der Waals surface area contributed by atoms with E-state index in [1.54, 1.807) is 7.11 Å². The molecule has 0 saturated carbocycles. The van der Waals surface area contributed by atoms with E-state index in [0.717, 1.165) is 0 Å². The van der Waals surface area contributed by atoms with Gasteiger partial charge in [-0.3, -0.25) is 0 Å². The third-order valence-electron chi connectivity index (χ3n) is 2.22. The molecule has 0 saturated heterocycles. The van der Waals surface area contributed by atoms with Crippen LogP contribution in [0.15, 0.2) is 11.8 Å². The standard InChI is InChI=1S/C9H16O/c1-9(2)7-5-4-6-8(9)10-3/h6H,4-5,7H2,1-3H3. The quantitative estimate of drug-likeness (QED) is 0.544. The van der Waals surface area contributed by atoms with Gasteiger partial charge in [0.2, 0.25) is 0 Å². The van der Waals surface area contributed by atoms with Crippen molar-refractivity contribution in [3.8, 4) is 0 Å². The van der Waals surface area contributed by atoms with Crippen LogP contribution in [0.25, 0.3) is 0 Å². The van der Waals surface area contributed by atoms with Gasteiger partial charge in [0.05, 0.1) is 12.9 Å². The van der Waals surface area contributed by atoms with Crippen molar-refractivity contribution in [3.05, 3.63) is 11.8 Å². The molecule has 0 aromatic heterocycles. The normalized spacial score (nSPS) is 23.7. The van der Waals surface area contributed by atoms with Crippen molar-refractivity contribution >= 4 is 0 Å². The number of hydrogen-bond acceptors (Lipinski definition) is 1. The van der Waals surface area contributed by atoms with E-state index in [2.05, 4.69) is 19.9 Å². The summed E-state index contributed by atoms with van der Waals surface area (Å²) in [6.07, 6.45) is 5.96. The summed E-state index contributed by atoms with van der Waals surface area (Å²) in [5.41, 5.74) is 0.285. The van der Waals surface area contributed by atoms with E-state index in [0.29, 0.717) is 0 Å². The molecule has 1 rings (SSSR count). The van der Waals surface area contributed by atoms with Gasteiger partial charge in [-0.25, -0.2) is 0 Å². The molecule has 0 bridgehead atoms. The Labute approximate surface area is 63.1 Å². The topological polar surface area (TPSA) is 9.23 Å². The van der Waals surface area contributed by atoms with Crippen LogP contribution in [0.2, 0.25) is 0 Å². The van der Waals surface area contributed by atoms with E-state index >= 15 is 0 Å². The molecule has 0 unspecified atom stereocenters. The maximum atomic E-state index is 5.27. The first-order valence-corrected chi connectivity index (χ1v) is 3.91. The zero-order valence-corrected chi connectivity index (χ0v) is 7.11. The minimum Gasteiger partial charge on any atom is -0.501 e. The molecule has 58 valence electrons. The zero-order chi connectivity index (χ0) is 7.61. The largest absolute Gasteiger partial charge is 0.501 e. The second-order valence-electron chi connectivity index (χ2n) is 3.55. The molecule has 10 heavy (non-hydrogen) atoms. The van der Waals surface area contributed by atoms with E-state index in [1.807, 2.05) is 0 Å². The molecule has 0 fully saturated rings. The number of allylic oxidation sites excluding steroid dienone is 2. The van der Waals surface area contributed by atoms with Crippen molar-refractivity contribution in [2.24, 2.45) is 5.41 Å². The molecule has 1 aliphatic rings. The van der Waals surface area contributed by atoms with Crippen LogP contribution in [-0.2, 0) is 4.74 Å². The van der Waals surface area contributed by atoms with Crippen molar-refractivity contribution in [2.45, 2.75) is 33.1 Å². The van der Waals surface area contributed by atoms with Crippen molar-refractivity contribution in [3.63, 3.8) is 0 Å². The van der Waals surface area contributed by atoms with Crippen LogP contribution in [-0.4, -0.2) is 7.11 Å². The summed E-state index contributed by atoms with van der Waals surface area (Å²) in [4.78, 5) is 0. The molecule has 0 radical (unpaired) electrons. The Bertz CT molecular complexity index is 145. The summed E-state index contributed by atoms with van der Waals surface area (Å²) >= 11 is 0. The van der Waals surface area contributed by atoms with Crippen LogP contribution >= 0.6 is 0 Å². The molecule has 1 nitrogen and oxygen atoms in total. The fourth-order valence-electron chi connectivity index (χ4n) is 1.54. The second-order valence-corrected chi connectivity index (χ2v) is 3.55.